The number of amides is 4. The van der Waals surface area contributed by atoms with Gasteiger partial charge < -0.3 is 54.0 Å². The summed E-state index contributed by atoms with van der Waals surface area (Å²) in [4.78, 5) is 54.2. The quantitative estimate of drug-likeness (QED) is 0.142. The topological polar surface area (TPSA) is 252 Å². The first-order valence-electron chi connectivity index (χ1n) is 14.2. The van der Waals surface area contributed by atoms with Crippen molar-refractivity contribution in [2.24, 2.45) is 22.9 Å². The summed E-state index contributed by atoms with van der Waals surface area (Å²) in [5, 5.41) is 29.2. The van der Waals surface area contributed by atoms with E-state index in [1.165, 1.54) is 17.0 Å². The number of rotatable bonds is 10. The second-order valence-corrected chi connectivity index (χ2v) is 10.4. The molecule has 14 heteroatoms. The lowest BCUT2D eigenvalue weighted by molar-refractivity contribution is -0.140. The van der Waals surface area contributed by atoms with Crippen LogP contribution in [0.4, 0.5) is 0 Å². The fraction of sp³-hybridized carbons (Fsp3) is 0.448. The Balaban J connectivity index is 2.09. The molecule has 4 amide bonds. The molecule has 3 atom stereocenters. The van der Waals surface area contributed by atoms with Gasteiger partial charge in [-0.25, -0.2) is 0 Å². The summed E-state index contributed by atoms with van der Waals surface area (Å²) in [6.45, 7) is 0.421. The third kappa shape index (κ3) is 9.12. The Morgan fingerprint density at radius 2 is 1.51 bits per heavy atom. The largest absolute Gasteiger partial charge is 0.508 e. The molecule has 0 radical (unpaired) electrons. The Hall–Kier alpha value is -4.24. The number of carbonyl (C=O) groups excluding carboxylic acids is 4. The average Bonchev–Trinajstić information content (AvgIpc) is 2.98. The molecule has 1 heterocycles. The maximum absolute atomic E-state index is 13.9. The van der Waals surface area contributed by atoms with Gasteiger partial charge in [-0.2, -0.15) is 0 Å². The van der Waals surface area contributed by atoms with E-state index in [-0.39, 0.29) is 70.0 Å². The summed E-state index contributed by atoms with van der Waals surface area (Å²) >= 11 is 0. The molecular formula is C29H42N8O6. The Labute approximate surface area is 250 Å². The number of nitrogens with two attached hydrogens (primary N) is 4. The normalized spacial score (nSPS) is 18.9. The first kappa shape index (κ1) is 33.3. The molecule has 2 aromatic rings. The van der Waals surface area contributed by atoms with E-state index in [2.05, 4.69) is 16.0 Å². The third-order valence-electron chi connectivity index (χ3n) is 7.15. The van der Waals surface area contributed by atoms with Gasteiger partial charge in [0.25, 0.3) is 0 Å². The molecule has 13 N–H and O–H groups in total. The monoisotopic (exact) mass is 598 g/mol. The van der Waals surface area contributed by atoms with E-state index in [1.807, 2.05) is 0 Å². The highest BCUT2D eigenvalue weighted by molar-refractivity contribution is 5.94. The Kier molecular flexibility index (Phi) is 12.3. The van der Waals surface area contributed by atoms with Gasteiger partial charge in [-0.1, -0.05) is 12.1 Å². The number of aromatic hydroxyl groups is 2. The zero-order valence-electron chi connectivity index (χ0n) is 24.1. The van der Waals surface area contributed by atoms with Crippen LogP contribution in [0.5, 0.6) is 11.5 Å². The predicted molar refractivity (Wildman–Crippen MR) is 160 cm³/mol. The highest BCUT2D eigenvalue weighted by atomic mass is 16.3. The first-order valence-corrected chi connectivity index (χ1v) is 14.2. The molecular weight excluding hydrogens is 556 g/mol. The van der Waals surface area contributed by atoms with Crippen molar-refractivity contribution in [1.29, 1.82) is 0 Å². The van der Waals surface area contributed by atoms with Crippen LogP contribution in [0.25, 0.3) is 11.1 Å². The highest BCUT2D eigenvalue weighted by Crippen LogP contribution is 2.31. The minimum absolute atomic E-state index is 0.0109. The molecule has 2 aromatic carbocycles. The number of fused-ring (bicyclic) bond motifs is 5. The lowest BCUT2D eigenvalue weighted by Gasteiger charge is -2.29. The van der Waals surface area contributed by atoms with Gasteiger partial charge >= 0.3 is 0 Å². The van der Waals surface area contributed by atoms with Crippen LogP contribution in [0.1, 0.15) is 24.0 Å². The van der Waals surface area contributed by atoms with E-state index in [0.717, 1.165) is 0 Å². The van der Waals surface area contributed by atoms with Crippen molar-refractivity contribution in [3.8, 4) is 22.6 Å². The van der Waals surface area contributed by atoms with Crippen molar-refractivity contribution < 1.29 is 29.4 Å². The summed E-state index contributed by atoms with van der Waals surface area (Å²) in [5.41, 5.74) is 25.2. The van der Waals surface area contributed by atoms with Crippen LogP contribution in [0.2, 0.25) is 0 Å². The minimum atomic E-state index is -1.24. The number of hydrogen-bond donors (Lipinski definition) is 9. The van der Waals surface area contributed by atoms with Gasteiger partial charge in [0, 0.05) is 39.0 Å². The third-order valence-corrected chi connectivity index (χ3v) is 7.15. The molecule has 0 saturated heterocycles. The Morgan fingerprint density at radius 1 is 0.884 bits per heavy atom. The summed E-state index contributed by atoms with van der Waals surface area (Å²) < 4.78 is 0. The Morgan fingerprint density at radius 3 is 2.09 bits per heavy atom. The van der Waals surface area contributed by atoms with Crippen LogP contribution in [0.15, 0.2) is 36.4 Å². The second kappa shape index (κ2) is 15.8. The number of phenols is 2. The zero-order valence-corrected chi connectivity index (χ0v) is 24.1. The molecule has 0 saturated carbocycles. The van der Waals surface area contributed by atoms with E-state index in [9.17, 15) is 29.4 Å². The van der Waals surface area contributed by atoms with Crippen LogP contribution in [0.3, 0.4) is 0 Å². The number of nitrogens with zero attached hydrogens (tertiary/aromatic N) is 1. The fourth-order valence-corrected chi connectivity index (χ4v) is 4.83. The molecule has 43 heavy (non-hydrogen) atoms. The molecule has 0 aliphatic carbocycles. The lowest BCUT2D eigenvalue weighted by Crippen LogP contribution is -2.58. The first-order chi connectivity index (χ1) is 20.6. The van der Waals surface area contributed by atoms with Gasteiger partial charge in [-0.3, -0.25) is 19.2 Å². The maximum atomic E-state index is 13.9. The van der Waals surface area contributed by atoms with Crippen LogP contribution < -0.4 is 38.9 Å². The van der Waals surface area contributed by atoms with Crippen LogP contribution >= 0.6 is 0 Å². The van der Waals surface area contributed by atoms with Crippen molar-refractivity contribution in [1.82, 2.24) is 20.9 Å². The minimum Gasteiger partial charge on any atom is -0.508 e. The molecule has 0 fully saturated rings. The van der Waals surface area contributed by atoms with E-state index in [4.69, 9.17) is 22.9 Å². The van der Waals surface area contributed by atoms with E-state index in [0.29, 0.717) is 28.7 Å². The van der Waals surface area contributed by atoms with Gasteiger partial charge in [0.05, 0.1) is 12.6 Å². The van der Waals surface area contributed by atoms with E-state index in [1.54, 1.807) is 24.3 Å². The number of nitrogens with one attached hydrogen (secondary N) is 3. The zero-order chi connectivity index (χ0) is 31.5. The lowest BCUT2D eigenvalue weighted by atomic mass is 9.95. The summed E-state index contributed by atoms with van der Waals surface area (Å²) in [6.07, 6.45) is 0.399. The molecule has 4 bridgehead atoms. The van der Waals surface area contributed by atoms with E-state index < -0.39 is 41.8 Å². The molecule has 3 rings (SSSR count). The number of carbonyl (C=O) groups is 4. The van der Waals surface area contributed by atoms with Crippen molar-refractivity contribution in [2.45, 2.75) is 43.8 Å². The van der Waals surface area contributed by atoms with E-state index >= 15 is 0 Å². The van der Waals surface area contributed by atoms with Crippen molar-refractivity contribution in [3.63, 3.8) is 0 Å². The standard InChI is InChI=1S/C29H42N8O6/c30-7-1-2-22-28(42)36-23(29(43)37(11-9-32)16-26(40)34-10-8-31)15-20-13-18(4-6-25(20)39)17-3-5-24(38)19(12-17)14-21(33)27(41)35-22/h3-6,12-13,21-23,38-39H,1-2,7-11,14-16,30-33H2,(H,34,40)(H,35,41)(H,36,42)/t21-,22-,23-/m0/s1. The maximum Gasteiger partial charge on any atom is 0.246 e. The Bertz CT molecular complexity index is 1310. The van der Waals surface area contributed by atoms with Crippen LogP contribution in [-0.2, 0) is 32.0 Å². The second-order valence-electron chi connectivity index (χ2n) is 10.4. The van der Waals surface area contributed by atoms with Gasteiger partial charge in [-0.05, 0) is 65.9 Å². The summed E-state index contributed by atoms with van der Waals surface area (Å²) in [7, 11) is 0. The molecule has 0 aromatic heterocycles. The number of benzene rings is 2. The fourth-order valence-electron chi connectivity index (χ4n) is 4.83. The van der Waals surface area contributed by atoms with Gasteiger partial charge in [0.1, 0.15) is 23.6 Å². The van der Waals surface area contributed by atoms with Gasteiger partial charge in [0.2, 0.25) is 23.6 Å². The van der Waals surface area contributed by atoms with Crippen molar-refractivity contribution in [2.75, 3.05) is 39.3 Å². The van der Waals surface area contributed by atoms with Crippen LogP contribution in [-0.4, -0.2) is 96.1 Å². The SMILES string of the molecule is NCCC[C@@H]1NC(=O)[C@@H](N)Cc2cc(ccc2O)-c2ccc(O)c(c2)C[C@@H](C(=O)N(CCN)CC(=O)NCCN)NC1=O. The highest BCUT2D eigenvalue weighted by Gasteiger charge is 2.32. The van der Waals surface area contributed by atoms with Gasteiger partial charge in [0.15, 0.2) is 0 Å². The van der Waals surface area contributed by atoms with Crippen LogP contribution in [0, 0.1) is 0 Å². The molecule has 1 aliphatic rings. The smallest absolute Gasteiger partial charge is 0.246 e. The molecule has 14 nitrogen and oxygen atoms in total. The molecule has 0 unspecified atom stereocenters. The molecule has 234 valence electrons. The average molecular weight is 599 g/mol. The number of hydrogen-bond acceptors (Lipinski definition) is 10. The van der Waals surface area contributed by atoms with Crippen molar-refractivity contribution >= 4 is 23.6 Å². The van der Waals surface area contributed by atoms with Gasteiger partial charge in [-0.15, -0.1) is 0 Å². The summed E-state index contributed by atoms with van der Waals surface area (Å²) in [5.74, 6) is -2.51. The molecule has 1 aliphatic heterocycles. The predicted octanol–water partition coefficient (Wildman–Crippen LogP) is -2.24. The number of phenolic OH excluding ortho intramolecular Hbond substituents is 2. The van der Waals surface area contributed by atoms with Crippen molar-refractivity contribution in [3.05, 3.63) is 47.5 Å². The molecule has 0 spiro atoms. The summed E-state index contributed by atoms with van der Waals surface area (Å²) in [6, 6.07) is 6.24.